The van der Waals surface area contributed by atoms with Gasteiger partial charge < -0.3 is 4.74 Å². The van der Waals surface area contributed by atoms with Crippen LogP contribution in [0.3, 0.4) is 0 Å². The number of piperidine rings is 1. The molecule has 1 aliphatic heterocycles. The summed E-state index contributed by atoms with van der Waals surface area (Å²) in [5, 5.41) is 0. The molecular weight excluding hydrogens is 430 g/mol. The molecule has 3 heteroatoms. The third-order valence-electron chi connectivity index (χ3n) is 8.52. The van der Waals surface area contributed by atoms with Gasteiger partial charge in [0.05, 0.1) is 5.92 Å². The lowest BCUT2D eigenvalue weighted by atomic mass is 9.59. The van der Waals surface area contributed by atoms with Crippen molar-refractivity contribution in [2.24, 2.45) is 11.8 Å². The lowest BCUT2D eigenvalue weighted by molar-refractivity contribution is -0.135. The quantitative estimate of drug-likeness (QED) is 0.244. The molecular formula is C32H43NO2. The molecule has 0 radical (unpaired) electrons. The van der Waals surface area contributed by atoms with E-state index in [0.717, 1.165) is 37.9 Å². The summed E-state index contributed by atoms with van der Waals surface area (Å²) in [7, 11) is 0. The average Bonchev–Trinajstić information content (AvgIpc) is 2.81. The van der Waals surface area contributed by atoms with Crippen molar-refractivity contribution in [3.05, 3.63) is 76.4 Å². The van der Waals surface area contributed by atoms with Crippen LogP contribution in [0.15, 0.2) is 54.1 Å². The molecule has 188 valence electrons. The molecule has 1 fully saturated rings. The van der Waals surface area contributed by atoms with Crippen LogP contribution in [0.1, 0.15) is 83.1 Å². The summed E-state index contributed by atoms with van der Waals surface area (Å²) in [5.41, 5.74) is 6.60. The van der Waals surface area contributed by atoms with Crippen molar-refractivity contribution in [1.82, 2.24) is 4.90 Å². The van der Waals surface area contributed by atoms with Crippen molar-refractivity contribution in [2.45, 2.75) is 85.1 Å². The van der Waals surface area contributed by atoms with Gasteiger partial charge >= 0.3 is 5.97 Å². The van der Waals surface area contributed by atoms with Gasteiger partial charge in [-0.1, -0.05) is 69.7 Å². The molecule has 2 aliphatic rings. The predicted molar refractivity (Wildman–Crippen MR) is 145 cm³/mol. The van der Waals surface area contributed by atoms with Crippen molar-refractivity contribution >= 4 is 5.97 Å². The fourth-order valence-corrected chi connectivity index (χ4v) is 6.03. The van der Waals surface area contributed by atoms with Crippen LogP contribution in [-0.4, -0.2) is 30.0 Å². The second-order valence-corrected chi connectivity index (χ2v) is 11.8. The van der Waals surface area contributed by atoms with Gasteiger partial charge in [0.1, 0.15) is 5.75 Å². The van der Waals surface area contributed by atoms with Crippen LogP contribution in [0.2, 0.25) is 0 Å². The van der Waals surface area contributed by atoms with Gasteiger partial charge in [-0.3, -0.25) is 9.69 Å². The van der Waals surface area contributed by atoms with Crippen molar-refractivity contribution < 1.29 is 9.53 Å². The van der Waals surface area contributed by atoms with E-state index < -0.39 is 0 Å². The van der Waals surface area contributed by atoms with E-state index in [1.54, 1.807) is 0 Å². The third-order valence-corrected chi connectivity index (χ3v) is 8.52. The first kappa shape index (κ1) is 25.7. The highest BCUT2D eigenvalue weighted by Crippen LogP contribution is 2.49. The number of hydrogen-bond acceptors (Lipinski definition) is 3. The highest BCUT2D eigenvalue weighted by molar-refractivity contribution is 5.80. The van der Waals surface area contributed by atoms with Crippen LogP contribution in [0.5, 0.6) is 5.75 Å². The number of ether oxygens (including phenoxy) is 1. The minimum atomic E-state index is -0.295. The van der Waals surface area contributed by atoms with E-state index in [9.17, 15) is 4.79 Å². The van der Waals surface area contributed by atoms with Crippen LogP contribution in [-0.2, 0) is 23.1 Å². The fourth-order valence-electron chi connectivity index (χ4n) is 6.03. The standard InChI is InChI=1S/C32H43NO2/c1-21(2)14-16-33-17-15-32(7)24(6)30(33)19-27-12-13-28(20-29(27)32)35-31(34)23(5)26-10-8-25(9-11-26)18-22(3)4/h8-14,20,22-24,30H,15-19H2,1-7H3. The Morgan fingerprint density at radius 2 is 1.86 bits per heavy atom. The maximum Gasteiger partial charge on any atom is 0.318 e. The summed E-state index contributed by atoms with van der Waals surface area (Å²) < 4.78 is 5.94. The van der Waals surface area contributed by atoms with Crippen LogP contribution in [0.25, 0.3) is 0 Å². The summed E-state index contributed by atoms with van der Waals surface area (Å²) in [6.07, 6.45) is 5.60. The van der Waals surface area contributed by atoms with E-state index in [0.29, 0.717) is 23.6 Å². The number of carbonyl (C=O) groups excluding carboxylic acids is 1. The number of fused-ring (bicyclic) bond motifs is 4. The van der Waals surface area contributed by atoms with E-state index in [-0.39, 0.29) is 17.3 Å². The van der Waals surface area contributed by atoms with Gasteiger partial charge in [-0.15, -0.1) is 0 Å². The van der Waals surface area contributed by atoms with Crippen LogP contribution in [0, 0.1) is 11.8 Å². The molecule has 2 aromatic carbocycles. The van der Waals surface area contributed by atoms with Gasteiger partial charge in [-0.05, 0) is 98.2 Å². The highest BCUT2D eigenvalue weighted by Gasteiger charge is 2.48. The van der Waals surface area contributed by atoms with E-state index in [1.165, 1.54) is 22.3 Å². The topological polar surface area (TPSA) is 29.5 Å². The minimum absolute atomic E-state index is 0.111. The number of rotatable bonds is 7. The number of esters is 1. The summed E-state index contributed by atoms with van der Waals surface area (Å²) in [6.45, 7) is 17.7. The van der Waals surface area contributed by atoms with Crippen molar-refractivity contribution in [3.8, 4) is 5.75 Å². The Kier molecular flexibility index (Phi) is 7.57. The molecule has 1 aliphatic carbocycles. The Balaban J connectivity index is 1.49. The molecule has 0 spiro atoms. The number of likely N-dealkylation sites (tertiary alicyclic amines) is 1. The van der Waals surface area contributed by atoms with E-state index in [4.69, 9.17) is 4.74 Å². The molecule has 0 N–H and O–H groups in total. The summed E-state index contributed by atoms with van der Waals surface area (Å²) in [6, 6.07) is 15.3. The Morgan fingerprint density at radius 3 is 2.51 bits per heavy atom. The zero-order valence-electron chi connectivity index (χ0n) is 22.7. The van der Waals surface area contributed by atoms with Crippen molar-refractivity contribution in [2.75, 3.05) is 13.1 Å². The van der Waals surface area contributed by atoms with Crippen LogP contribution in [0.4, 0.5) is 0 Å². The average molecular weight is 474 g/mol. The molecule has 0 amide bonds. The second kappa shape index (κ2) is 10.3. The van der Waals surface area contributed by atoms with Gasteiger partial charge in [-0.2, -0.15) is 0 Å². The Hall–Kier alpha value is -2.39. The predicted octanol–water partition coefficient (Wildman–Crippen LogP) is 7.08. The van der Waals surface area contributed by atoms with Gasteiger partial charge in [0.25, 0.3) is 0 Å². The molecule has 0 saturated carbocycles. The van der Waals surface area contributed by atoms with Crippen LogP contribution < -0.4 is 4.74 Å². The molecule has 4 rings (SSSR count). The molecule has 4 atom stereocenters. The first-order chi connectivity index (χ1) is 16.6. The SMILES string of the molecule is CC(C)=CCN1CCC2(C)c3cc(OC(=O)C(C)c4ccc(CC(C)C)cc4)ccc3CC1C2C. The highest BCUT2D eigenvalue weighted by atomic mass is 16.5. The van der Waals surface area contributed by atoms with E-state index in [2.05, 4.69) is 88.9 Å². The van der Waals surface area contributed by atoms with Crippen molar-refractivity contribution in [3.63, 3.8) is 0 Å². The second-order valence-electron chi connectivity index (χ2n) is 11.8. The van der Waals surface area contributed by atoms with Gasteiger partial charge in [0.15, 0.2) is 0 Å². The molecule has 35 heavy (non-hydrogen) atoms. The summed E-state index contributed by atoms with van der Waals surface area (Å²) in [4.78, 5) is 15.7. The monoisotopic (exact) mass is 473 g/mol. The molecule has 1 heterocycles. The number of carbonyl (C=O) groups is 1. The summed E-state index contributed by atoms with van der Waals surface area (Å²) in [5.74, 6) is 1.37. The number of benzene rings is 2. The Labute approximate surface area is 212 Å². The summed E-state index contributed by atoms with van der Waals surface area (Å²) >= 11 is 0. The Morgan fingerprint density at radius 1 is 1.14 bits per heavy atom. The molecule has 1 saturated heterocycles. The first-order valence-electron chi connectivity index (χ1n) is 13.4. The van der Waals surface area contributed by atoms with Gasteiger partial charge in [-0.25, -0.2) is 0 Å². The van der Waals surface area contributed by atoms with Crippen molar-refractivity contribution in [1.29, 1.82) is 0 Å². The lowest BCUT2D eigenvalue weighted by Crippen LogP contribution is -2.57. The lowest BCUT2D eigenvalue weighted by Gasteiger charge is -2.54. The van der Waals surface area contributed by atoms with E-state index in [1.807, 2.05) is 13.0 Å². The number of nitrogens with zero attached hydrogens (tertiary/aromatic N) is 1. The van der Waals surface area contributed by atoms with Crippen LogP contribution >= 0.6 is 0 Å². The smallest absolute Gasteiger partial charge is 0.318 e. The largest absolute Gasteiger partial charge is 0.426 e. The number of hydrogen-bond donors (Lipinski definition) is 0. The van der Waals surface area contributed by atoms with Gasteiger partial charge in [0, 0.05) is 12.6 Å². The zero-order chi connectivity index (χ0) is 25.3. The molecule has 4 unspecified atom stereocenters. The zero-order valence-corrected chi connectivity index (χ0v) is 22.7. The Bertz CT molecular complexity index is 1080. The normalized spacial score (nSPS) is 24.6. The molecule has 3 nitrogen and oxygen atoms in total. The molecule has 0 aromatic heterocycles. The maximum atomic E-state index is 13.0. The minimum Gasteiger partial charge on any atom is -0.426 e. The molecule has 2 bridgehead atoms. The number of allylic oxidation sites excluding steroid dienone is 1. The molecule has 2 aromatic rings. The van der Waals surface area contributed by atoms with E-state index >= 15 is 0 Å². The first-order valence-corrected chi connectivity index (χ1v) is 13.4. The fraction of sp³-hybridized carbons (Fsp3) is 0.531. The third kappa shape index (κ3) is 5.40. The maximum absolute atomic E-state index is 13.0. The van der Waals surface area contributed by atoms with Gasteiger partial charge in [0.2, 0.25) is 0 Å².